The van der Waals surface area contributed by atoms with Crippen molar-refractivity contribution in [2.75, 3.05) is 33.5 Å². The third-order valence-electron chi connectivity index (χ3n) is 8.40. The molecule has 10 heteroatoms. The largest absolute Gasteiger partial charge is 0.490 e. The first kappa shape index (κ1) is 36.5. The first-order valence-electron chi connectivity index (χ1n) is 16.8. The Bertz CT molecular complexity index is 1630. The Balaban J connectivity index is 1.19. The van der Waals surface area contributed by atoms with Gasteiger partial charge in [-0.3, -0.25) is 9.78 Å². The van der Waals surface area contributed by atoms with Crippen molar-refractivity contribution in [2.45, 2.75) is 58.2 Å². The van der Waals surface area contributed by atoms with E-state index in [4.69, 9.17) is 47.9 Å². The predicted molar refractivity (Wildman–Crippen MR) is 194 cm³/mol. The lowest BCUT2D eigenvalue weighted by atomic mass is 9.97. The van der Waals surface area contributed by atoms with Crippen LogP contribution in [0.25, 0.3) is 0 Å². The van der Waals surface area contributed by atoms with Crippen LogP contribution in [-0.4, -0.2) is 55.3 Å². The molecule has 3 aromatic carbocycles. The molecule has 0 aliphatic heterocycles. The fourth-order valence-corrected chi connectivity index (χ4v) is 6.43. The Morgan fingerprint density at radius 2 is 1.55 bits per heavy atom. The normalized spacial score (nSPS) is 13.2. The van der Waals surface area contributed by atoms with Crippen LogP contribution in [0.1, 0.15) is 47.1 Å². The van der Waals surface area contributed by atoms with Crippen LogP contribution in [0.15, 0.2) is 79.1 Å². The van der Waals surface area contributed by atoms with Crippen molar-refractivity contribution in [3.8, 4) is 17.2 Å². The number of methoxy groups -OCH3 is 1. The molecular formula is C39H45Cl2N3O5. The smallest absolute Gasteiger partial charge is 0.227 e. The SMILES string of the molecule is COCCCc1cc(CN(C(=O)C(CN)Cc2ccc(OCCOc3c(Cl)cc(C)cc3Cl)cc2)C2CC2)cc(OCc2ccncc2)c1. The minimum absolute atomic E-state index is 0.0833. The first-order chi connectivity index (χ1) is 23.8. The molecule has 2 N–H and O–H groups in total. The van der Waals surface area contributed by atoms with Crippen LogP contribution in [0.3, 0.4) is 0 Å². The summed E-state index contributed by atoms with van der Waals surface area (Å²) in [7, 11) is 1.72. The van der Waals surface area contributed by atoms with Gasteiger partial charge in [0.2, 0.25) is 5.91 Å². The molecule has 0 radical (unpaired) electrons. The summed E-state index contributed by atoms with van der Waals surface area (Å²) in [6.45, 7) is 4.44. The van der Waals surface area contributed by atoms with Gasteiger partial charge in [0.15, 0.2) is 5.75 Å². The molecule has 260 valence electrons. The van der Waals surface area contributed by atoms with Gasteiger partial charge in [-0.1, -0.05) is 41.4 Å². The molecule has 1 atom stereocenters. The maximum absolute atomic E-state index is 14.0. The number of hydrogen-bond acceptors (Lipinski definition) is 7. The number of rotatable bonds is 19. The predicted octanol–water partition coefficient (Wildman–Crippen LogP) is 7.62. The topological polar surface area (TPSA) is 96.1 Å². The highest BCUT2D eigenvalue weighted by Crippen LogP contribution is 2.34. The summed E-state index contributed by atoms with van der Waals surface area (Å²) < 4.78 is 23.1. The van der Waals surface area contributed by atoms with Crippen LogP contribution in [0.5, 0.6) is 17.2 Å². The van der Waals surface area contributed by atoms with E-state index < -0.39 is 0 Å². The van der Waals surface area contributed by atoms with Crippen molar-refractivity contribution >= 4 is 29.1 Å². The zero-order valence-corrected chi connectivity index (χ0v) is 29.7. The maximum Gasteiger partial charge on any atom is 0.227 e. The average Bonchev–Trinajstić information content (AvgIpc) is 3.94. The third-order valence-corrected chi connectivity index (χ3v) is 8.96. The first-order valence-corrected chi connectivity index (χ1v) is 17.5. The second-order valence-electron chi connectivity index (χ2n) is 12.5. The molecule has 0 bridgehead atoms. The Morgan fingerprint density at radius 3 is 2.22 bits per heavy atom. The van der Waals surface area contributed by atoms with Crippen LogP contribution in [-0.2, 0) is 35.5 Å². The minimum Gasteiger partial charge on any atom is -0.490 e. The van der Waals surface area contributed by atoms with Crippen LogP contribution in [0.4, 0.5) is 0 Å². The number of pyridine rings is 1. The van der Waals surface area contributed by atoms with E-state index in [9.17, 15) is 4.79 Å². The average molecular weight is 707 g/mol. The summed E-state index contributed by atoms with van der Waals surface area (Å²) in [5.74, 6) is 1.69. The molecule has 1 heterocycles. The van der Waals surface area contributed by atoms with E-state index in [1.807, 2.05) is 60.4 Å². The second-order valence-corrected chi connectivity index (χ2v) is 13.3. The number of carbonyl (C=O) groups excluding carboxylic acids is 1. The Labute approximate surface area is 299 Å². The van der Waals surface area contributed by atoms with E-state index >= 15 is 0 Å². The number of nitrogens with two attached hydrogens (primary N) is 1. The van der Waals surface area contributed by atoms with Crippen molar-refractivity contribution < 1.29 is 23.7 Å². The monoisotopic (exact) mass is 705 g/mol. The number of amides is 1. The van der Waals surface area contributed by atoms with Crippen molar-refractivity contribution in [1.82, 2.24) is 9.88 Å². The Hall–Kier alpha value is -3.82. The van der Waals surface area contributed by atoms with Crippen molar-refractivity contribution in [3.05, 3.63) is 117 Å². The van der Waals surface area contributed by atoms with Crippen molar-refractivity contribution in [2.24, 2.45) is 11.7 Å². The van der Waals surface area contributed by atoms with E-state index in [-0.39, 0.29) is 24.4 Å². The minimum atomic E-state index is -0.336. The summed E-state index contributed by atoms with van der Waals surface area (Å²) in [4.78, 5) is 20.1. The van der Waals surface area contributed by atoms with Gasteiger partial charge in [-0.15, -0.1) is 0 Å². The molecule has 1 aliphatic carbocycles. The van der Waals surface area contributed by atoms with Gasteiger partial charge >= 0.3 is 0 Å². The standard InChI is InChI=1S/C39H45Cl2N3O5/c1-27-18-36(40)38(37(41)19-27)48-17-16-47-34-9-5-28(6-10-34)21-32(24-42)39(45)44(33-7-8-33)25-31-20-30(4-3-15-46-2)22-35(23-31)49-26-29-11-13-43-14-12-29/h5-6,9-14,18-20,22-23,32-33H,3-4,7-8,15-17,21,24-26,42H2,1-2H3. The van der Waals surface area contributed by atoms with E-state index in [1.165, 1.54) is 0 Å². The van der Waals surface area contributed by atoms with Crippen LogP contribution < -0.4 is 19.9 Å². The highest BCUT2D eigenvalue weighted by Gasteiger charge is 2.35. The molecule has 1 aromatic heterocycles. The van der Waals surface area contributed by atoms with Gasteiger partial charge in [0.1, 0.15) is 31.3 Å². The number of carbonyl (C=O) groups is 1. The van der Waals surface area contributed by atoms with Crippen LogP contribution >= 0.6 is 23.2 Å². The molecular weight excluding hydrogens is 661 g/mol. The molecule has 1 unspecified atom stereocenters. The number of halogens is 2. The summed E-state index contributed by atoms with van der Waals surface area (Å²) in [6, 6.07) is 21.8. The zero-order valence-electron chi connectivity index (χ0n) is 28.2. The van der Waals surface area contributed by atoms with Crippen molar-refractivity contribution in [1.29, 1.82) is 0 Å². The number of aryl methyl sites for hydroxylation is 2. The molecule has 8 nitrogen and oxygen atoms in total. The van der Waals surface area contributed by atoms with Gasteiger partial charge < -0.3 is 29.6 Å². The van der Waals surface area contributed by atoms with Crippen molar-refractivity contribution in [3.63, 3.8) is 0 Å². The molecule has 4 aromatic rings. The van der Waals surface area contributed by atoms with Crippen LogP contribution in [0, 0.1) is 12.8 Å². The number of nitrogens with zero attached hydrogens (tertiary/aromatic N) is 2. The summed E-state index contributed by atoms with van der Waals surface area (Å²) in [6.07, 6.45) is 7.83. The molecule has 0 saturated heterocycles. The Morgan fingerprint density at radius 1 is 0.857 bits per heavy atom. The van der Waals surface area contributed by atoms with E-state index in [1.54, 1.807) is 19.5 Å². The van der Waals surface area contributed by atoms with Crippen LogP contribution in [0.2, 0.25) is 10.0 Å². The lowest BCUT2D eigenvalue weighted by molar-refractivity contribution is -0.136. The Kier molecular flexibility index (Phi) is 13.6. The third kappa shape index (κ3) is 11.1. The molecule has 5 rings (SSSR count). The highest BCUT2D eigenvalue weighted by molar-refractivity contribution is 6.37. The number of hydrogen-bond donors (Lipinski definition) is 1. The molecule has 1 aliphatic rings. The quantitative estimate of drug-likeness (QED) is 0.100. The number of ether oxygens (including phenoxy) is 4. The second kappa shape index (κ2) is 18.3. The lowest BCUT2D eigenvalue weighted by Gasteiger charge is -2.27. The van der Waals surface area contributed by atoms with E-state index in [0.29, 0.717) is 60.9 Å². The fraction of sp³-hybridized carbons (Fsp3) is 0.385. The zero-order chi connectivity index (χ0) is 34.6. The van der Waals surface area contributed by atoms with Gasteiger partial charge in [0, 0.05) is 45.2 Å². The van der Waals surface area contributed by atoms with E-state index in [0.717, 1.165) is 59.3 Å². The van der Waals surface area contributed by atoms with Gasteiger partial charge in [-0.25, -0.2) is 0 Å². The summed E-state index contributed by atoms with van der Waals surface area (Å²) in [5, 5.41) is 0.946. The molecule has 1 fully saturated rings. The number of benzene rings is 3. The molecule has 0 spiro atoms. The highest BCUT2D eigenvalue weighted by atomic mass is 35.5. The molecule has 49 heavy (non-hydrogen) atoms. The summed E-state index contributed by atoms with van der Waals surface area (Å²) >= 11 is 12.5. The summed E-state index contributed by atoms with van der Waals surface area (Å²) in [5.41, 5.74) is 11.5. The van der Waals surface area contributed by atoms with Gasteiger partial charge in [-0.2, -0.15) is 0 Å². The van der Waals surface area contributed by atoms with Gasteiger partial charge in [-0.05, 0) is 115 Å². The van der Waals surface area contributed by atoms with E-state index in [2.05, 4.69) is 23.2 Å². The molecule has 1 saturated carbocycles. The molecule has 1 amide bonds. The fourth-order valence-electron chi connectivity index (χ4n) is 5.72. The lowest BCUT2D eigenvalue weighted by Crippen LogP contribution is -2.41. The maximum atomic E-state index is 14.0. The number of aromatic nitrogens is 1. The van der Waals surface area contributed by atoms with Gasteiger partial charge in [0.05, 0.1) is 16.0 Å². The van der Waals surface area contributed by atoms with Gasteiger partial charge in [0.25, 0.3) is 0 Å².